The van der Waals surface area contributed by atoms with Crippen molar-refractivity contribution in [2.45, 2.75) is 58.2 Å². The van der Waals surface area contributed by atoms with Crippen LogP contribution in [0.2, 0.25) is 0 Å². The minimum Gasteiger partial charge on any atom is -0.386 e. The lowest BCUT2D eigenvalue weighted by atomic mass is 9.91. The van der Waals surface area contributed by atoms with Crippen molar-refractivity contribution in [3.05, 3.63) is 23.9 Å². The summed E-state index contributed by atoms with van der Waals surface area (Å²) in [5.74, 6) is -0.458. The Labute approximate surface area is 109 Å². The molecule has 0 saturated heterocycles. The van der Waals surface area contributed by atoms with E-state index in [0.717, 1.165) is 25.0 Å². The molecule has 0 spiro atoms. The molecule has 1 rings (SSSR count). The summed E-state index contributed by atoms with van der Waals surface area (Å²) in [7, 11) is 0. The van der Waals surface area contributed by atoms with Gasteiger partial charge in [-0.3, -0.25) is 4.39 Å². The second-order valence-electron chi connectivity index (χ2n) is 5.49. The van der Waals surface area contributed by atoms with Gasteiger partial charge in [0, 0.05) is 17.7 Å². The molecule has 18 heavy (non-hydrogen) atoms. The molecule has 0 fully saturated rings. The Hall–Kier alpha value is -0.860. The van der Waals surface area contributed by atoms with E-state index < -0.39 is 18.8 Å². The molecule has 1 aliphatic carbocycles. The van der Waals surface area contributed by atoms with Crippen LogP contribution in [-0.4, -0.2) is 18.9 Å². The Morgan fingerprint density at radius 3 is 2.94 bits per heavy atom. The molecule has 0 radical (unpaired) electrons. The molecular formula is C15H25F2N. The second-order valence-corrected chi connectivity index (χ2v) is 5.49. The molecule has 1 nitrogen and oxygen atoms in total. The Morgan fingerprint density at radius 2 is 2.33 bits per heavy atom. The molecule has 0 aliphatic heterocycles. The highest BCUT2D eigenvalue weighted by atomic mass is 19.1. The first-order valence-corrected chi connectivity index (χ1v) is 6.83. The highest BCUT2D eigenvalue weighted by molar-refractivity contribution is 5.08. The first kappa shape index (κ1) is 15.2. The van der Waals surface area contributed by atoms with Gasteiger partial charge in [0.05, 0.1) is 6.67 Å². The molecule has 0 aromatic heterocycles. The Kier molecular flexibility index (Phi) is 6.37. The molecule has 0 saturated carbocycles. The van der Waals surface area contributed by atoms with Crippen LogP contribution in [0.3, 0.4) is 0 Å². The third-order valence-electron chi connectivity index (χ3n) is 3.45. The molecule has 0 amide bonds. The van der Waals surface area contributed by atoms with E-state index in [0.29, 0.717) is 18.9 Å². The second kappa shape index (κ2) is 7.55. The van der Waals surface area contributed by atoms with Gasteiger partial charge >= 0.3 is 0 Å². The lowest BCUT2D eigenvalue weighted by molar-refractivity contribution is 0.178. The maximum Gasteiger partial charge on any atom is 0.109 e. The number of hydrogen-bond acceptors (Lipinski definition) is 1. The molecule has 1 N–H and O–H groups in total. The number of rotatable bonds is 7. The standard InChI is InChI=1S/C15H25F2N/c1-11(2)5-4-6-12(3)18-14-7-8-15(17)13(9-14)10-16/h7,12-13,15,18H,1,4-6,8-10H2,2-3H3/t12-,13+,15?/m0/s1. The third-order valence-corrected chi connectivity index (χ3v) is 3.45. The van der Waals surface area contributed by atoms with Crippen LogP contribution >= 0.6 is 0 Å². The van der Waals surface area contributed by atoms with E-state index in [2.05, 4.69) is 18.8 Å². The molecule has 0 heterocycles. The smallest absolute Gasteiger partial charge is 0.109 e. The van der Waals surface area contributed by atoms with Gasteiger partial charge in [-0.05, 0) is 46.0 Å². The van der Waals surface area contributed by atoms with E-state index in [-0.39, 0.29) is 0 Å². The fourth-order valence-corrected chi connectivity index (χ4v) is 2.31. The van der Waals surface area contributed by atoms with E-state index in [9.17, 15) is 8.78 Å². The summed E-state index contributed by atoms with van der Waals surface area (Å²) in [5, 5.41) is 3.38. The quantitative estimate of drug-likeness (QED) is 0.670. The largest absolute Gasteiger partial charge is 0.386 e. The van der Waals surface area contributed by atoms with Gasteiger partial charge in [0.25, 0.3) is 0 Å². The van der Waals surface area contributed by atoms with Crippen LogP contribution in [-0.2, 0) is 0 Å². The molecule has 0 aromatic rings. The average Bonchev–Trinajstić information content (AvgIpc) is 2.31. The van der Waals surface area contributed by atoms with E-state index in [1.165, 1.54) is 5.57 Å². The molecule has 3 atom stereocenters. The van der Waals surface area contributed by atoms with Gasteiger partial charge in [0.15, 0.2) is 0 Å². The summed E-state index contributed by atoms with van der Waals surface area (Å²) >= 11 is 0. The molecule has 0 bridgehead atoms. The summed E-state index contributed by atoms with van der Waals surface area (Å²) in [4.78, 5) is 0. The number of nitrogens with one attached hydrogen (secondary N) is 1. The minimum atomic E-state index is -1.01. The molecule has 0 aromatic carbocycles. The van der Waals surface area contributed by atoms with Crippen molar-refractivity contribution in [2.75, 3.05) is 6.67 Å². The minimum absolute atomic E-state index is 0.343. The molecule has 1 unspecified atom stereocenters. The van der Waals surface area contributed by atoms with Gasteiger partial charge < -0.3 is 5.32 Å². The lowest BCUT2D eigenvalue weighted by Crippen LogP contribution is -2.31. The van der Waals surface area contributed by atoms with Crippen molar-refractivity contribution in [2.24, 2.45) is 5.92 Å². The van der Waals surface area contributed by atoms with Crippen molar-refractivity contribution in [1.29, 1.82) is 0 Å². The monoisotopic (exact) mass is 257 g/mol. The number of halogens is 2. The topological polar surface area (TPSA) is 12.0 Å². The van der Waals surface area contributed by atoms with E-state index >= 15 is 0 Å². The van der Waals surface area contributed by atoms with Crippen LogP contribution in [0.4, 0.5) is 8.78 Å². The summed E-state index contributed by atoms with van der Waals surface area (Å²) in [6.45, 7) is 7.47. The SMILES string of the molecule is C=C(C)CCC[C@H](C)NC1=CCC(F)[C@@H](CF)C1. The predicted octanol–water partition coefficient (Wildman–Crippen LogP) is 4.31. The predicted molar refractivity (Wildman–Crippen MR) is 72.9 cm³/mol. The maximum absolute atomic E-state index is 13.3. The van der Waals surface area contributed by atoms with Crippen LogP contribution in [0.5, 0.6) is 0 Å². The zero-order chi connectivity index (χ0) is 13.5. The summed E-state index contributed by atoms with van der Waals surface area (Å²) in [5.41, 5.74) is 2.21. The molecule has 1 aliphatic rings. The van der Waals surface area contributed by atoms with Crippen molar-refractivity contribution >= 4 is 0 Å². The first-order chi connectivity index (χ1) is 8.52. The maximum atomic E-state index is 13.3. The number of alkyl halides is 2. The van der Waals surface area contributed by atoms with Crippen molar-refractivity contribution in [1.82, 2.24) is 5.32 Å². The number of hydrogen-bond donors (Lipinski definition) is 1. The first-order valence-electron chi connectivity index (χ1n) is 6.83. The van der Waals surface area contributed by atoms with Crippen molar-refractivity contribution in [3.8, 4) is 0 Å². The van der Waals surface area contributed by atoms with Crippen molar-refractivity contribution in [3.63, 3.8) is 0 Å². The summed E-state index contributed by atoms with van der Waals surface area (Å²) < 4.78 is 26.0. The highest BCUT2D eigenvalue weighted by Crippen LogP contribution is 2.26. The average molecular weight is 257 g/mol. The zero-order valence-electron chi connectivity index (χ0n) is 11.5. The van der Waals surface area contributed by atoms with Crippen LogP contribution in [0.15, 0.2) is 23.9 Å². The highest BCUT2D eigenvalue weighted by Gasteiger charge is 2.25. The Morgan fingerprint density at radius 1 is 1.61 bits per heavy atom. The Bertz CT molecular complexity index is 299. The molecule has 3 heteroatoms. The fraction of sp³-hybridized carbons (Fsp3) is 0.733. The Balaban J connectivity index is 2.31. The normalized spacial score (nSPS) is 25.4. The van der Waals surface area contributed by atoms with E-state index in [1.54, 1.807) is 0 Å². The zero-order valence-corrected chi connectivity index (χ0v) is 11.5. The van der Waals surface area contributed by atoms with Crippen LogP contribution < -0.4 is 5.32 Å². The van der Waals surface area contributed by atoms with Gasteiger partial charge in [-0.1, -0.05) is 11.6 Å². The van der Waals surface area contributed by atoms with E-state index in [4.69, 9.17) is 0 Å². The fourth-order valence-electron chi connectivity index (χ4n) is 2.31. The van der Waals surface area contributed by atoms with Crippen LogP contribution in [0, 0.1) is 5.92 Å². The summed E-state index contributed by atoms with van der Waals surface area (Å²) in [6, 6.07) is 0.354. The van der Waals surface area contributed by atoms with Gasteiger partial charge in [-0.15, -0.1) is 6.58 Å². The van der Waals surface area contributed by atoms with Gasteiger partial charge in [-0.2, -0.15) is 0 Å². The van der Waals surface area contributed by atoms with Gasteiger partial charge in [0.2, 0.25) is 0 Å². The van der Waals surface area contributed by atoms with Crippen LogP contribution in [0.25, 0.3) is 0 Å². The lowest BCUT2D eigenvalue weighted by Gasteiger charge is -2.27. The molecule has 104 valence electrons. The third kappa shape index (κ3) is 5.19. The van der Waals surface area contributed by atoms with Crippen molar-refractivity contribution < 1.29 is 8.78 Å². The molecular weight excluding hydrogens is 232 g/mol. The van der Waals surface area contributed by atoms with Crippen LogP contribution in [0.1, 0.15) is 46.0 Å². The van der Waals surface area contributed by atoms with Gasteiger partial charge in [-0.25, -0.2) is 4.39 Å². The van der Waals surface area contributed by atoms with E-state index in [1.807, 2.05) is 13.0 Å². The number of allylic oxidation sites excluding steroid dienone is 3. The summed E-state index contributed by atoms with van der Waals surface area (Å²) in [6.07, 6.45) is 4.92. The van der Waals surface area contributed by atoms with Gasteiger partial charge in [0.1, 0.15) is 6.17 Å².